The average molecular weight is 313 g/mol. The summed E-state index contributed by atoms with van der Waals surface area (Å²) in [5.74, 6) is 0.884. The van der Waals surface area contributed by atoms with Crippen LogP contribution in [0.25, 0.3) is 0 Å². The minimum Gasteiger partial charge on any atom is -0.464 e. The molecule has 1 aliphatic rings. The molecule has 0 aromatic heterocycles. The first-order chi connectivity index (χ1) is 9.80. The highest BCUT2D eigenvalue weighted by Gasteiger charge is 2.42. The summed E-state index contributed by atoms with van der Waals surface area (Å²) in [6, 6.07) is 4.87. The van der Waals surface area contributed by atoms with E-state index in [1.165, 1.54) is 6.08 Å². The second-order valence-electron chi connectivity index (χ2n) is 5.24. The molecule has 6 nitrogen and oxygen atoms in total. The van der Waals surface area contributed by atoms with Gasteiger partial charge in [0.05, 0.1) is 5.41 Å². The molecular formula is C14H19NO5S. The van der Waals surface area contributed by atoms with E-state index in [0.717, 1.165) is 5.56 Å². The predicted octanol–water partition coefficient (Wildman–Crippen LogP) is 1.73. The Hall–Kier alpha value is -1.57. The van der Waals surface area contributed by atoms with Crippen molar-refractivity contribution in [3.63, 3.8) is 0 Å². The first kappa shape index (κ1) is 15.8. The van der Waals surface area contributed by atoms with Gasteiger partial charge in [-0.25, -0.2) is 0 Å². The van der Waals surface area contributed by atoms with E-state index in [-0.39, 0.29) is 12.3 Å². The van der Waals surface area contributed by atoms with Crippen molar-refractivity contribution in [2.45, 2.75) is 25.6 Å². The second kappa shape index (κ2) is 5.67. The summed E-state index contributed by atoms with van der Waals surface area (Å²) in [6.07, 6.45) is 1.02. The van der Waals surface area contributed by atoms with E-state index in [4.69, 9.17) is 13.7 Å². The topological polar surface area (TPSA) is 73.9 Å². The molecule has 0 bridgehead atoms. The van der Waals surface area contributed by atoms with Gasteiger partial charge in [-0.3, -0.25) is 0 Å². The molecule has 0 aliphatic carbocycles. The van der Waals surface area contributed by atoms with Gasteiger partial charge in [0, 0.05) is 19.2 Å². The number of hydrogen-bond donors (Lipinski definition) is 1. The molecule has 1 aliphatic heterocycles. The maximum absolute atomic E-state index is 11.7. The number of ether oxygens (including phenoxy) is 2. The van der Waals surface area contributed by atoms with E-state index in [1.54, 1.807) is 25.3 Å². The van der Waals surface area contributed by atoms with Gasteiger partial charge in [-0.2, -0.15) is 13.1 Å². The third kappa shape index (κ3) is 3.20. The number of nitrogens with one attached hydrogen (secondary N) is 1. The smallest absolute Gasteiger partial charge is 0.382 e. The highest BCUT2D eigenvalue weighted by Crippen LogP contribution is 2.44. The van der Waals surface area contributed by atoms with Crippen LogP contribution in [0, 0.1) is 0 Å². The van der Waals surface area contributed by atoms with Crippen LogP contribution in [0.2, 0.25) is 0 Å². The molecule has 1 aromatic rings. The van der Waals surface area contributed by atoms with Crippen molar-refractivity contribution < 1.29 is 22.1 Å². The molecule has 116 valence electrons. The lowest BCUT2D eigenvalue weighted by atomic mass is 9.85. The van der Waals surface area contributed by atoms with Gasteiger partial charge in [0.1, 0.15) is 11.5 Å². The van der Waals surface area contributed by atoms with Crippen LogP contribution in [0.4, 0.5) is 0 Å². The highest BCUT2D eigenvalue weighted by molar-refractivity contribution is 7.85. The first-order valence-corrected chi connectivity index (χ1v) is 7.85. The van der Waals surface area contributed by atoms with Crippen molar-refractivity contribution in [1.29, 1.82) is 0 Å². The van der Waals surface area contributed by atoms with Crippen LogP contribution in [0.5, 0.6) is 11.5 Å². The van der Waals surface area contributed by atoms with Gasteiger partial charge < -0.3 is 13.7 Å². The van der Waals surface area contributed by atoms with Crippen molar-refractivity contribution in [2.75, 3.05) is 13.7 Å². The van der Waals surface area contributed by atoms with Gasteiger partial charge in [0.2, 0.25) is 6.29 Å². The minimum atomic E-state index is -3.86. The lowest BCUT2D eigenvalue weighted by Gasteiger charge is -2.24. The monoisotopic (exact) mass is 313 g/mol. The van der Waals surface area contributed by atoms with Crippen LogP contribution in [0.1, 0.15) is 19.4 Å². The molecule has 2 rings (SSSR count). The Balaban J connectivity index is 2.25. The summed E-state index contributed by atoms with van der Waals surface area (Å²) in [4.78, 5) is 0. The molecule has 0 spiro atoms. The van der Waals surface area contributed by atoms with Crippen molar-refractivity contribution in [3.8, 4) is 11.5 Å². The number of fused-ring (bicyclic) bond motifs is 1. The van der Waals surface area contributed by atoms with Gasteiger partial charge in [-0.05, 0) is 32.0 Å². The van der Waals surface area contributed by atoms with E-state index in [2.05, 4.69) is 11.3 Å². The third-order valence-corrected chi connectivity index (χ3v) is 4.23. The van der Waals surface area contributed by atoms with Gasteiger partial charge in [0.25, 0.3) is 0 Å². The molecular weight excluding hydrogens is 294 g/mol. The zero-order valence-electron chi connectivity index (χ0n) is 12.3. The maximum atomic E-state index is 11.7. The van der Waals surface area contributed by atoms with Crippen molar-refractivity contribution in [1.82, 2.24) is 4.72 Å². The van der Waals surface area contributed by atoms with Crippen LogP contribution < -0.4 is 13.6 Å². The average Bonchev–Trinajstić information content (AvgIpc) is 2.67. The summed E-state index contributed by atoms with van der Waals surface area (Å²) < 4.78 is 41.6. The lowest BCUT2D eigenvalue weighted by Crippen LogP contribution is -2.33. The second-order valence-corrected chi connectivity index (χ2v) is 6.60. The van der Waals surface area contributed by atoms with Gasteiger partial charge >= 0.3 is 10.3 Å². The molecule has 1 aromatic carbocycles. The molecule has 1 atom stereocenters. The van der Waals surface area contributed by atoms with Gasteiger partial charge in [-0.1, -0.05) is 6.08 Å². The van der Waals surface area contributed by atoms with E-state index in [9.17, 15) is 8.42 Å². The molecule has 0 fully saturated rings. The van der Waals surface area contributed by atoms with E-state index in [0.29, 0.717) is 5.75 Å². The number of methoxy groups -OCH3 is 1. The Bertz CT molecular complexity index is 639. The van der Waals surface area contributed by atoms with Crippen LogP contribution in [0.15, 0.2) is 30.9 Å². The fourth-order valence-electron chi connectivity index (χ4n) is 2.22. The summed E-state index contributed by atoms with van der Waals surface area (Å²) in [7, 11) is -2.30. The Morgan fingerprint density at radius 2 is 2.19 bits per heavy atom. The highest BCUT2D eigenvalue weighted by atomic mass is 32.2. The molecule has 1 N–H and O–H groups in total. The Morgan fingerprint density at radius 3 is 2.81 bits per heavy atom. The molecule has 1 heterocycles. The van der Waals surface area contributed by atoms with Crippen LogP contribution >= 0.6 is 0 Å². The fourth-order valence-corrected chi connectivity index (χ4v) is 2.95. The Labute approximate surface area is 125 Å². The maximum Gasteiger partial charge on any atom is 0.382 e. The molecule has 0 amide bonds. The van der Waals surface area contributed by atoms with Crippen LogP contribution in [-0.2, 0) is 20.5 Å². The molecule has 0 saturated carbocycles. The van der Waals surface area contributed by atoms with E-state index >= 15 is 0 Å². The van der Waals surface area contributed by atoms with Gasteiger partial charge in [-0.15, -0.1) is 6.58 Å². The number of rotatable bonds is 6. The molecule has 0 saturated heterocycles. The molecule has 0 radical (unpaired) electrons. The summed E-state index contributed by atoms with van der Waals surface area (Å²) in [5, 5.41) is 0. The molecule has 1 unspecified atom stereocenters. The minimum absolute atomic E-state index is 0.105. The standard InChI is InChI=1S/C14H19NO5S/c1-5-8-15-21(16,17)20-10-6-7-12-11(9-10)14(2,3)13(18-4)19-12/h5-7,9,13,15H,1,8H2,2-4H3. The quantitative estimate of drug-likeness (QED) is 0.810. The van der Waals surface area contributed by atoms with Crippen molar-refractivity contribution in [2.24, 2.45) is 0 Å². The van der Waals surface area contributed by atoms with E-state index < -0.39 is 22.0 Å². The zero-order chi connectivity index (χ0) is 15.7. The van der Waals surface area contributed by atoms with E-state index in [1.807, 2.05) is 13.8 Å². The predicted molar refractivity (Wildman–Crippen MR) is 78.6 cm³/mol. The largest absolute Gasteiger partial charge is 0.464 e. The van der Waals surface area contributed by atoms with Crippen LogP contribution in [0.3, 0.4) is 0 Å². The fraction of sp³-hybridized carbons (Fsp3) is 0.429. The summed E-state index contributed by atoms with van der Waals surface area (Å²) in [5.41, 5.74) is 0.438. The normalized spacial score (nSPS) is 19.7. The zero-order valence-corrected chi connectivity index (χ0v) is 13.1. The molecule has 7 heteroatoms. The van der Waals surface area contributed by atoms with Crippen LogP contribution in [-0.4, -0.2) is 28.4 Å². The number of hydrogen-bond acceptors (Lipinski definition) is 5. The first-order valence-electron chi connectivity index (χ1n) is 6.44. The Kier molecular flexibility index (Phi) is 4.27. The SMILES string of the molecule is C=CCNS(=O)(=O)Oc1ccc2c(c1)C(C)(C)C(OC)O2. The molecule has 21 heavy (non-hydrogen) atoms. The van der Waals surface area contributed by atoms with Crippen molar-refractivity contribution in [3.05, 3.63) is 36.4 Å². The Morgan fingerprint density at radius 1 is 1.48 bits per heavy atom. The van der Waals surface area contributed by atoms with Crippen molar-refractivity contribution >= 4 is 10.3 Å². The lowest BCUT2D eigenvalue weighted by molar-refractivity contribution is -0.0779. The third-order valence-electron chi connectivity index (χ3n) is 3.29. The van der Waals surface area contributed by atoms with Gasteiger partial charge in [0.15, 0.2) is 0 Å². The number of benzene rings is 1. The summed E-state index contributed by atoms with van der Waals surface area (Å²) in [6.45, 7) is 7.47. The summed E-state index contributed by atoms with van der Waals surface area (Å²) >= 11 is 0.